The van der Waals surface area contributed by atoms with Crippen molar-refractivity contribution >= 4 is 24.0 Å². The fraction of sp³-hybridized carbons (Fsp3) is 0.438. The monoisotopic (exact) mass is 312 g/mol. The molecule has 0 saturated carbocycles. The number of nitrogens with two attached hydrogens (primary N) is 1. The maximum atomic E-state index is 12.4. The lowest BCUT2D eigenvalue weighted by Crippen LogP contribution is -2.41. The molecule has 0 saturated heterocycles. The van der Waals surface area contributed by atoms with E-state index in [-0.39, 0.29) is 18.3 Å². The topological polar surface area (TPSA) is 64.3 Å². The summed E-state index contributed by atoms with van der Waals surface area (Å²) in [7, 11) is 0. The minimum Gasteiger partial charge on any atom is -0.489 e. The highest BCUT2D eigenvalue weighted by atomic mass is 35.5. The molecule has 0 aliphatic heterocycles. The Balaban J connectivity index is 0.00000400. The highest BCUT2D eigenvalue weighted by Crippen LogP contribution is 2.27. The van der Waals surface area contributed by atoms with Crippen LogP contribution < -0.4 is 15.8 Å². The standard InChI is InChI=1S/C16H24N2O2.ClH/c1-4-10-20-14-9-7-8-13(11-14)18-15(19)16(5-2,6-3)12-17;/h4,7-9,11H,1,5-6,10,12,17H2,2-3H3,(H,18,19);1H. The molecular formula is C16H25ClN2O2. The maximum absolute atomic E-state index is 12.4. The van der Waals surface area contributed by atoms with E-state index in [0.717, 1.165) is 18.5 Å². The Labute approximate surface area is 133 Å². The van der Waals surface area contributed by atoms with Crippen molar-refractivity contribution in [2.24, 2.45) is 11.1 Å². The summed E-state index contributed by atoms with van der Waals surface area (Å²) in [6.45, 7) is 8.36. The molecule has 118 valence electrons. The van der Waals surface area contributed by atoms with Gasteiger partial charge in [-0.05, 0) is 25.0 Å². The molecule has 21 heavy (non-hydrogen) atoms. The maximum Gasteiger partial charge on any atom is 0.231 e. The largest absolute Gasteiger partial charge is 0.489 e. The summed E-state index contributed by atoms with van der Waals surface area (Å²) in [6.07, 6.45) is 3.12. The van der Waals surface area contributed by atoms with Crippen LogP contribution in [0.1, 0.15) is 26.7 Å². The Bertz CT molecular complexity index is 451. The molecule has 0 fully saturated rings. The third-order valence-corrected chi connectivity index (χ3v) is 3.69. The van der Waals surface area contributed by atoms with Crippen LogP contribution in [0.15, 0.2) is 36.9 Å². The molecule has 1 amide bonds. The Morgan fingerprint density at radius 1 is 1.43 bits per heavy atom. The predicted octanol–water partition coefficient (Wildman–Crippen LogP) is 3.38. The minimum absolute atomic E-state index is 0. The van der Waals surface area contributed by atoms with E-state index >= 15 is 0 Å². The first-order chi connectivity index (χ1) is 9.61. The Hall–Kier alpha value is -1.52. The second kappa shape index (κ2) is 9.42. The molecule has 0 aromatic heterocycles. The van der Waals surface area contributed by atoms with Crippen molar-refractivity contribution in [3.63, 3.8) is 0 Å². The summed E-state index contributed by atoms with van der Waals surface area (Å²) in [5.74, 6) is 0.667. The van der Waals surface area contributed by atoms with Crippen LogP contribution in [0.4, 0.5) is 5.69 Å². The number of hydrogen-bond acceptors (Lipinski definition) is 3. The van der Waals surface area contributed by atoms with E-state index in [1.807, 2.05) is 32.0 Å². The van der Waals surface area contributed by atoms with Gasteiger partial charge in [0.1, 0.15) is 12.4 Å². The Morgan fingerprint density at radius 2 is 2.10 bits per heavy atom. The zero-order valence-electron chi connectivity index (χ0n) is 12.7. The molecule has 0 spiro atoms. The number of amides is 1. The van der Waals surface area contributed by atoms with Crippen molar-refractivity contribution in [3.05, 3.63) is 36.9 Å². The quantitative estimate of drug-likeness (QED) is 0.723. The van der Waals surface area contributed by atoms with Crippen LogP contribution in [-0.4, -0.2) is 19.1 Å². The lowest BCUT2D eigenvalue weighted by atomic mass is 9.81. The molecule has 0 aliphatic carbocycles. The fourth-order valence-electron chi connectivity index (χ4n) is 2.03. The first kappa shape index (κ1) is 19.5. The number of ether oxygens (including phenoxy) is 1. The van der Waals surface area contributed by atoms with Crippen LogP contribution in [0.3, 0.4) is 0 Å². The summed E-state index contributed by atoms with van der Waals surface area (Å²) < 4.78 is 5.45. The molecule has 1 rings (SSSR count). The molecule has 0 aliphatic rings. The number of carbonyl (C=O) groups excluding carboxylic acids is 1. The molecule has 3 N–H and O–H groups in total. The molecule has 0 unspecified atom stereocenters. The van der Waals surface area contributed by atoms with Gasteiger partial charge in [-0.15, -0.1) is 12.4 Å². The first-order valence-corrected chi connectivity index (χ1v) is 6.97. The van der Waals surface area contributed by atoms with E-state index < -0.39 is 5.41 Å². The normalized spacial score (nSPS) is 10.4. The SMILES string of the molecule is C=CCOc1cccc(NC(=O)C(CC)(CC)CN)c1.Cl. The van der Waals surface area contributed by atoms with Gasteiger partial charge in [-0.2, -0.15) is 0 Å². The Morgan fingerprint density at radius 3 is 2.62 bits per heavy atom. The van der Waals surface area contributed by atoms with E-state index in [9.17, 15) is 4.79 Å². The molecule has 0 radical (unpaired) electrons. The highest BCUT2D eigenvalue weighted by Gasteiger charge is 2.33. The molecular weight excluding hydrogens is 288 g/mol. The second-order valence-corrected chi connectivity index (χ2v) is 4.77. The third kappa shape index (κ3) is 5.06. The number of hydrogen-bond donors (Lipinski definition) is 2. The molecule has 4 nitrogen and oxygen atoms in total. The highest BCUT2D eigenvalue weighted by molar-refractivity contribution is 5.95. The van der Waals surface area contributed by atoms with Gasteiger partial charge in [-0.25, -0.2) is 0 Å². The van der Waals surface area contributed by atoms with Crippen LogP contribution in [0.25, 0.3) is 0 Å². The average molecular weight is 313 g/mol. The van der Waals surface area contributed by atoms with E-state index in [4.69, 9.17) is 10.5 Å². The zero-order valence-corrected chi connectivity index (χ0v) is 13.5. The molecule has 0 bridgehead atoms. The van der Waals surface area contributed by atoms with Crippen LogP contribution in [0.2, 0.25) is 0 Å². The van der Waals surface area contributed by atoms with Crippen molar-refractivity contribution in [2.75, 3.05) is 18.5 Å². The number of benzene rings is 1. The predicted molar refractivity (Wildman–Crippen MR) is 90.1 cm³/mol. The lowest BCUT2D eigenvalue weighted by molar-refractivity contribution is -0.125. The van der Waals surface area contributed by atoms with Crippen LogP contribution in [0, 0.1) is 5.41 Å². The molecule has 0 heterocycles. The van der Waals surface area contributed by atoms with Gasteiger partial charge in [0.05, 0.1) is 5.41 Å². The van der Waals surface area contributed by atoms with Crippen LogP contribution in [-0.2, 0) is 4.79 Å². The number of nitrogens with one attached hydrogen (secondary N) is 1. The van der Waals surface area contributed by atoms with Crippen molar-refractivity contribution < 1.29 is 9.53 Å². The van der Waals surface area contributed by atoms with Crippen molar-refractivity contribution in [3.8, 4) is 5.75 Å². The van der Waals surface area contributed by atoms with Gasteiger partial charge in [0.2, 0.25) is 5.91 Å². The van der Waals surface area contributed by atoms with Gasteiger partial charge in [-0.3, -0.25) is 4.79 Å². The van der Waals surface area contributed by atoms with Gasteiger partial charge in [-0.1, -0.05) is 32.6 Å². The molecule has 0 atom stereocenters. The summed E-state index contributed by atoms with van der Waals surface area (Å²) in [4.78, 5) is 12.4. The van der Waals surface area contributed by atoms with E-state index in [1.165, 1.54) is 0 Å². The minimum atomic E-state index is -0.502. The smallest absolute Gasteiger partial charge is 0.231 e. The molecule has 5 heteroatoms. The lowest BCUT2D eigenvalue weighted by Gasteiger charge is -2.28. The first-order valence-electron chi connectivity index (χ1n) is 6.97. The van der Waals surface area contributed by atoms with Gasteiger partial charge in [0, 0.05) is 18.3 Å². The molecule has 1 aromatic carbocycles. The van der Waals surface area contributed by atoms with Crippen molar-refractivity contribution in [2.45, 2.75) is 26.7 Å². The number of rotatable bonds is 8. The second-order valence-electron chi connectivity index (χ2n) is 4.77. The van der Waals surface area contributed by atoms with Gasteiger partial charge < -0.3 is 15.8 Å². The van der Waals surface area contributed by atoms with E-state index in [1.54, 1.807) is 12.1 Å². The summed E-state index contributed by atoms with van der Waals surface area (Å²) >= 11 is 0. The van der Waals surface area contributed by atoms with Crippen molar-refractivity contribution in [1.29, 1.82) is 0 Å². The van der Waals surface area contributed by atoms with E-state index in [0.29, 0.717) is 18.9 Å². The summed E-state index contributed by atoms with van der Waals surface area (Å²) in [5, 5.41) is 2.93. The zero-order chi connectivity index (χ0) is 15.0. The van der Waals surface area contributed by atoms with Gasteiger partial charge in [0.15, 0.2) is 0 Å². The third-order valence-electron chi connectivity index (χ3n) is 3.69. The summed E-state index contributed by atoms with van der Waals surface area (Å²) in [6, 6.07) is 7.32. The van der Waals surface area contributed by atoms with Crippen LogP contribution >= 0.6 is 12.4 Å². The average Bonchev–Trinajstić information content (AvgIpc) is 2.48. The summed E-state index contributed by atoms with van der Waals surface area (Å²) in [5.41, 5.74) is 6.00. The van der Waals surface area contributed by atoms with Gasteiger partial charge in [0.25, 0.3) is 0 Å². The fourth-order valence-corrected chi connectivity index (χ4v) is 2.03. The van der Waals surface area contributed by atoms with Gasteiger partial charge >= 0.3 is 0 Å². The van der Waals surface area contributed by atoms with Crippen molar-refractivity contribution in [1.82, 2.24) is 0 Å². The number of anilines is 1. The van der Waals surface area contributed by atoms with Crippen LogP contribution in [0.5, 0.6) is 5.75 Å². The van der Waals surface area contributed by atoms with E-state index in [2.05, 4.69) is 11.9 Å². The molecule has 1 aromatic rings. The number of halogens is 1. The number of carbonyl (C=O) groups is 1. The Kier molecular flexibility index (Phi) is 8.74.